The number of allylic oxidation sites excluding steroid dienone is 4. The Hall–Kier alpha value is -5.61. The van der Waals surface area contributed by atoms with Gasteiger partial charge in [-0.1, -0.05) is 103 Å². The van der Waals surface area contributed by atoms with Gasteiger partial charge in [-0.05, 0) is 64.6 Å². The van der Waals surface area contributed by atoms with Crippen LogP contribution < -0.4 is 4.74 Å². The summed E-state index contributed by atoms with van der Waals surface area (Å²) in [6.07, 6.45) is 5.76. The van der Waals surface area contributed by atoms with Crippen LogP contribution in [0.5, 0.6) is 5.75 Å². The molecule has 3 heterocycles. The predicted octanol–water partition coefficient (Wildman–Crippen LogP) is 9.04. The van der Waals surface area contributed by atoms with Crippen molar-refractivity contribution in [2.45, 2.75) is 18.3 Å². The largest absolute Gasteiger partial charge is 0.461 e. The summed E-state index contributed by atoms with van der Waals surface area (Å²) >= 11 is 0. The summed E-state index contributed by atoms with van der Waals surface area (Å²) < 4.78 is 6.72. The normalized spacial score (nSPS) is 15.5. The number of pyridine rings is 1. The van der Waals surface area contributed by atoms with E-state index in [4.69, 9.17) is 14.7 Å². The monoisotopic (exact) mass is 565 g/mol. The van der Waals surface area contributed by atoms with Gasteiger partial charge in [0.2, 0.25) is 0 Å². The molecule has 0 fully saturated rings. The molecule has 0 saturated carbocycles. The minimum absolute atomic E-state index is 0.484. The van der Waals surface area contributed by atoms with Crippen molar-refractivity contribution in [3.8, 4) is 39.7 Å². The lowest BCUT2D eigenvalue weighted by Crippen LogP contribution is -2.35. The zero-order chi connectivity index (χ0) is 29.1. The zero-order valence-corrected chi connectivity index (χ0v) is 23.9. The Morgan fingerprint density at radius 3 is 1.98 bits per heavy atom. The third kappa shape index (κ3) is 3.61. The van der Waals surface area contributed by atoms with Crippen molar-refractivity contribution in [2.24, 2.45) is 0 Å². The summed E-state index contributed by atoms with van der Waals surface area (Å²) in [5, 5.41) is 0. The van der Waals surface area contributed by atoms with Crippen molar-refractivity contribution in [3.05, 3.63) is 173 Å². The minimum atomic E-state index is -0.484. The molecule has 0 N–H and O–H groups in total. The quantitative estimate of drug-likeness (QED) is 0.215. The third-order valence-corrected chi connectivity index (χ3v) is 9.14. The number of aromatic nitrogens is 3. The molecule has 2 aliphatic carbocycles. The van der Waals surface area contributed by atoms with Crippen molar-refractivity contribution in [1.29, 1.82) is 0 Å². The highest BCUT2D eigenvalue weighted by atomic mass is 16.5. The maximum Gasteiger partial charge on any atom is 0.160 e. The Morgan fingerprint density at radius 2 is 1.23 bits per heavy atom. The fourth-order valence-electron chi connectivity index (χ4n) is 7.27. The SMILES string of the molecule is C1=C(c2cc(-c3ccccn3)nc(-c3ccccc3)n2)CCC2=C1C1(c3ccccc3O2)c2ccccc2-c2ccccc21. The van der Waals surface area contributed by atoms with Crippen LogP contribution in [-0.4, -0.2) is 15.0 Å². The molecule has 9 rings (SSSR count). The van der Waals surface area contributed by atoms with Crippen LogP contribution in [0.4, 0.5) is 0 Å². The molecular formula is C40H27N3O. The molecule has 44 heavy (non-hydrogen) atoms. The number of benzene rings is 4. The fourth-order valence-corrected chi connectivity index (χ4v) is 7.27. The van der Waals surface area contributed by atoms with E-state index in [2.05, 4.69) is 102 Å². The van der Waals surface area contributed by atoms with Gasteiger partial charge in [-0.25, -0.2) is 9.97 Å². The van der Waals surface area contributed by atoms with Gasteiger partial charge in [0.05, 0.1) is 22.5 Å². The van der Waals surface area contributed by atoms with Crippen LogP contribution >= 0.6 is 0 Å². The van der Waals surface area contributed by atoms with E-state index in [-0.39, 0.29) is 0 Å². The molecule has 0 radical (unpaired) electrons. The molecule has 0 amide bonds. The topological polar surface area (TPSA) is 47.9 Å². The number of ether oxygens (including phenoxy) is 1. The highest BCUT2D eigenvalue weighted by molar-refractivity contribution is 5.89. The van der Waals surface area contributed by atoms with Gasteiger partial charge < -0.3 is 4.74 Å². The van der Waals surface area contributed by atoms with Crippen LogP contribution in [0.3, 0.4) is 0 Å². The molecule has 0 unspecified atom stereocenters. The smallest absolute Gasteiger partial charge is 0.160 e. The van der Waals surface area contributed by atoms with Crippen LogP contribution in [0.1, 0.15) is 35.2 Å². The molecule has 1 aliphatic heterocycles. The molecule has 0 bridgehead atoms. The second-order valence-corrected chi connectivity index (χ2v) is 11.5. The second kappa shape index (κ2) is 9.72. The Kier molecular flexibility index (Phi) is 5.51. The van der Waals surface area contributed by atoms with E-state index < -0.39 is 5.41 Å². The third-order valence-electron chi connectivity index (χ3n) is 9.14. The number of nitrogens with zero attached hydrogens (tertiary/aromatic N) is 3. The van der Waals surface area contributed by atoms with Crippen molar-refractivity contribution in [1.82, 2.24) is 15.0 Å². The Labute approximate surface area is 256 Å². The van der Waals surface area contributed by atoms with Gasteiger partial charge in [-0.15, -0.1) is 0 Å². The van der Waals surface area contributed by atoms with Crippen LogP contribution in [0, 0.1) is 0 Å². The van der Waals surface area contributed by atoms with Gasteiger partial charge in [-0.3, -0.25) is 4.98 Å². The maximum absolute atomic E-state index is 6.72. The first-order chi connectivity index (χ1) is 21.8. The van der Waals surface area contributed by atoms with Gasteiger partial charge in [0, 0.05) is 29.3 Å². The minimum Gasteiger partial charge on any atom is -0.461 e. The van der Waals surface area contributed by atoms with Crippen molar-refractivity contribution < 1.29 is 4.74 Å². The van der Waals surface area contributed by atoms with Gasteiger partial charge in [0.25, 0.3) is 0 Å². The maximum atomic E-state index is 6.72. The molecule has 0 saturated heterocycles. The number of rotatable bonds is 3. The van der Waals surface area contributed by atoms with Crippen LogP contribution in [-0.2, 0) is 5.41 Å². The van der Waals surface area contributed by atoms with Crippen molar-refractivity contribution in [2.75, 3.05) is 0 Å². The number of hydrogen-bond donors (Lipinski definition) is 0. The lowest BCUT2D eigenvalue weighted by atomic mass is 9.64. The van der Waals surface area contributed by atoms with E-state index >= 15 is 0 Å². The summed E-state index contributed by atoms with van der Waals surface area (Å²) in [7, 11) is 0. The molecule has 208 valence electrons. The van der Waals surface area contributed by atoms with Gasteiger partial charge in [0.1, 0.15) is 11.5 Å². The van der Waals surface area contributed by atoms with E-state index in [0.717, 1.165) is 47.0 Å². The molecule has 4 nitrogen and oxygen atoms in total. The standard InChI is InChI=1S/C40H27N3O/c1-2-12-26(13-3-1)39-42-35(25-36(43-39)34-19-10-11-23-41-34)27-21-22-38-33(24-27)40(32-18-8-9-20-37(32)44-38)30-16-6-4-14-28(30)29-15-5-7-17-31(29)40/h1-20,23-25H,21-22H2. The molecule has 1 spiro atoms. The summed E-state index contributed by atoms with van der Waals surface area (Å²) in [5.41, 5.74) is 11.7. The molecule has 3 aliphatic rings. The van der Waals surface area contributed by atoms with E-state index in [9.17, 15) is 0 Å². The van der Waals surface area contributed by atoms with Gasteiger partial charge in [0.15, 0.2) is 5.82 Å². The van der Waals surface area contributed by atoms with Gasteiger partial charge in [-0.2, -0.15) is 0 Å². The number of hydrogen-bond acceptors (Lipinski definition) is 4. The summed E-state index contributed by atoms with van der Waals surface area (Å²) in [4.78, 5) is 14.8. The summed E-state index contributed by atoms with van der Waals surface area (Å²) in [6.45, 7) is 0. The Balaban J connectivity index is 1.30. The van der Waals surface area contributed by atoms with Crippen LogP contribution in [0.25, 0.3) is 39.5 Å². The first-order valence-electron chi connectivity index (χ1n) is 15.1. The first kappa shape index (κ1) is 24.9. The fraction of sp³-hybridized carbons (Fsp3) is 0.0750. The predicted molar refractivity (Wildman–Crippen MR) is 174 cm³/mol. The van der Waals surface area contributed by atoms with E-state index in [1.807, 2.05) is 42.6 Å². The van der Waals surface area contributed by atoms with Crippen molar-refractivity contribution >= 4 is 5.57 Å². The molecular weight excluding hydrogens is 538 g/mol. The molecule has 6 aromatic rings. The average molecular weight is 566 g/mol. The van der Waals surface area contributed by atoms with E-state index in [0.29, 0.717) is 5.82 Å². The van der Waals surface area contributed by atoms with Gasteiger partial charge >= 0.3 is 0 Å². The van der Waals surface area contributed by atoms with E-state index in [1.165, 1.54) is 39.0 Å². The zero-order valence-electron chi connectivity index (χ0n) is 23.9. The van der Waals surface area contributed by atoms with Crippen LogP contribution in [0.15, 0.2) is 151 Å². The molecule has 4 aromatic carbocycles. The molecule has 2 aromatic heterocycles. The Morgan fingerprint density at radius 1 is 0.568 bits per heavy atom. The average Bonchev–Trinajstić information content (AvgIpc) is 3.40. The lowest BCUT2D eigenvalue weighted by molar-refractivity contribution is 0.365. The second-order valence-electron chi connectivity index (χ2n) is 11.5. The van der Waals surface area contributed by atoms with E-state index in [1.54, 1.807) is 0 Å². The summed E-state index contributed by atoms with van der Waals surface area (Å²) in [6, 6.07) is 44.5. The highest BCUT2D eigenvalue weighted by Gasteiger charge is 2.52. The lowest BCUT2D eigenvalue weighted by Gasteiger charge is -2.41. The number of para-hydroxylation sites is 1. The molecule has 0 atom stereocenters. The Bertz CT molecular complexity index is 2040. The molecule has 4 heteroatoms. The first-order valence-corrected chi connectivity index (χ1v) is 15.1. The highest BCUT2D eigenvalue weighted by Crippen LogP contribution is 2.61. The van der Waals surface area contributed by atoms with Crippen molar-refractivity contribution in [3.63, 3.8) is 0 Å². The van der Waals surface area contributed by atoms with Crippen LogP contribution in [0.2, 0.25) is 0 Å². The number of fused-ring (bicyclic) bond motifs is 8. The summed E-state index contributed by atoms with van der Waals surface area (Å²) in [5.74, 6) is 2.66.